The average Bonchev–Trinajstić information content (AvgIpc) is 2.93. The lowest BCUT2D eigenvalue weighted by Gasteiger charge is -2.27. The number of halogens is 1. The fourth-order valence-electron chi connectivity index (χ4n) is 3.03. The van der Waals surface area contributed by atoms with E-state index < -0.39 is 0 Å². The summed E-state index contributed by atoms with van der Waals surface area (Å²) < 4.78 is 14.9. The normalized spacial score (nSPS) is 21.5. The van der Waals surface area contributed by atoms with Gasteiger partial charge in [0, 0.05) is 12.6 Å². The molecular weight excluding hydrogens is 358 g/mol. The summed E-state index contributed by atoms with van der Waals surface area (Å²) in [5.74, 6) is 0.948. The molecule has 0 spiro atoms. The van der Waals surface area contributed by atoms with Crippen LogP contribution in [0.4, 0.5) is 0 Å². The molecule has 0 amide bonds. The summed E-state index contributed by atoms with van der Waals surface area (Å²) in [6.45, 7) is 7.24. The maximum atomic E-state index is 6.13. The molecule has 0 aliphatic carbocycles. The first-order chi connectivity index (χ1) is 11.1. The zero-order valence-electron chi connectivity index (χ0n) is 14.0. The van der Waals surface area contributed by atoms with E-state index in [1.165, 1.54) is 0 Å². The second-order valence-corrected chi connectivity index (χ2v) is 6.98. The van der Waals surface area contributed by atoms with E-state index in [0.29, 0.717) is 6.04 Å². The van der Waals surface area contributed by atoms with Crippen molar-refractivity contribution in [2.45, 2.75) is 64.9 Å². The zero-order valence-corrected chi connectivity index (χ0v) is 15.5. The molecule has 1 aliphatic heterocycles. The molecule has 1 saturated heterocycles. The Morgan fingerprint density at radius 3 is 2.96 bits per heavy atom. The molecule has 0 N–H and O–H groups in total. The van der Waals surface area contributed by atoms with Crippen LogP contribution >= 0.6 is 15.9 Å². The van der Waals surface area contributed by atoms with Gasteiger partial charge in [0.15, 0.2) is 6.29 Å². The minimum atomic E-state index is -0.117. The van der Waals surface area contributed by atoms with Crippen LogP contribution in [0.15, 0.2) is 16.9 Å². The first-order valence-electron chi connectivity index (χ1n) is 8.40. The monoisotopic (exact) mass is 381 g/mol. The summed E-state index contributed by atoms with van der Waals surface area (Å²) in [5, 5.41) is 0. The Hall–Kier alpha value is -0.980. The fourth-order valence-corrected chi connectivity index (χ4v) is 3.35. The Balaban J connectivity index is 1.94. The summed E-state index contributed by atoms with van der Waals surface area (Å²) in [6, 6.07) is 2.38. The molecule has 0 saturated carbocycles. The second kappa shape index (κ2) is 7.28. The van der Waals surface area contributed by atoms with Crippen molar-refractivity contribution in [3.63, 3.8) is 0 Å². The molecule has 1 aliphatic rings. The van der Waals surface area contributed by atoms with Gasteiger partial charge in [-0.25, -0.2) is 9.97 Å². The minimum Gasteiger partial charge on any atom is -0.353 e. The molecule has 2 aromatic heterocycles. The number of pyridine rings is 1. The van der Waals surface area contributed by atoms with Gasteiger partial charge in [0.2, 0.25) is 0 Å². The van der Waals surface area contributed by atoms with Gasteiger partial charge in [0.05, 0.1) is 11.7 Å². The molecule has 6 heteroatoms. The number of rotatable bonds is 5. The van der Waals surface area contributed by atoms with Crippen LogP contribution in [0.1, 0.15) is 64.4 Å². The first-order valence-corrected chi connectivity index (χ1v) is 9.20. The molecule has 3 rings (SSSR count). The summed E-state index contributed by atoms with van der Waals surface area (Å²) in [4.78, 5) is 9.08. The van der Waals surface area contributed by atoms with Gasteiger partial charge in [-0.1, -0.05) is 6.92 Å². The Morgan fingerprint density at radius 2 is 2.26 bits per heavy atom. The van der Waals surface area contributed by atoms with E-state index in [4.69, 9.17) is 14.5 Å². The molecule has 2 aromatic rings. The van der Waals surface area contributed by atoms with E-state index in [9.17, 15) is 0 Å². The quantitative estimate of drug-likeness (QED) is 0.699. The highest BCUT2D eigenvalue weighted by Gasteiger charge is 2.24. The van der Waals surface area contributed by atoms with E-state index in [-0.39, 0.29) is 12.4 Å². The molecule has 0 aromatic carbocycles. The van der Waals surface area contributed by atoms with Crippen molar-refractivity contribution in [1.82, 2.24) is 14.5 Å². The van der Waals surface area contributed by atoms with Gasteiger partial charge in [0.25, 0.3) is 0 Å². The predicted molar refractivity (Wildman–Crippen MR) is 93.3 cm³/mol. The lowest BCUT2D eigenvalue weighted by atomic mass is 10.2. The molecule has 3 heterocycles. The molecule has 3 atom stereocenters. The molecule has 0 bridgehead atoms. The van der Waals surface area contributed by atoms with Gasteiger partial charge in [-0.3, -0.25) is 0 Å². The Labute approximate surface area is 145 Å². The van der Waals surface area contributed by atoms with Crippen LogP contribution in [0.5, 0.6) is 0 Å². The topological polar surface area (TPSA) is 49.2 Å². The van der Waals surface area contributed by atoms with Crippen molar-refractivity contribution in [2.24, 2.45) is 0 Å². The highest BCUT2D eigenvalue weighted by Crippen LogP contribution is 2.30. The molecule has 2 unspecified atom stereocenters. The van der Waals surface area contributed by atoms with Crippen molar-refractivity contribution >= 4 is 27.0 Å². The number of fused-ring (bicyclic) bond motifs is 1. The van der Waals surface area contributed by atoms with Gasteiger partial charge >= 0.3 is 0 Å². The fraction of sp³-hybridized carbons (Fsp3) is 0.647. The highest BCUT2D eigenvalue weighted by atomic mass is 79.9. The summed E-state index contributed by atoms with van der Waals surface area (Å²) in [5.41, 5.74) is 2.00. The molecular formula is C17H24BrN3O2. The van der Waals surface area contributed by atoms with Crippen molar-refractivity contribution in [1.29, 1.82) is 0 Å². The first kappa shape index (κ1) is 16.9. The van der Waals surface area contributed by atoms with Gasteiger partial charge < -0.3 is 14.0 Å². The molecule has 23 heavy (non-hydrogen) atoms. The standard InChI is InChI=1S/C17H24BrN3O2/c1-4-11(2)21-14-9-15(18)19-10-13(14)20-17(21)12(3)23-16-7-5-6-8-22-16/h9-12,16H,4-8H2,1-3H3/t11?,12-,16?/m0/s1. The molecule has 0 radical (unpaired) electrons. The van der Waals surface area contributed by atoms with Crippen LogP contribution < -0.4 is 0 Å². The number of hydrogen-bond donors (Lipinski definition) is 0. The number of nitrogens with zero attached hydrogens (tertiary/aromatic N) is 3. The van der Waals surface area contributed by atoms with Crippen LogP contribution in [-0.2, 0) is 9.47 Å². The maximum Gasteiger partial charge on any atom is 0.158 e. The van der Waals surface area contributed by atoms with E-state index in [2.05, 4.69) is 46.3 Å². The Morgan fingerprint density at radius 1 is 1.43 bits per heavy atom. The largest absolute Gasteiger partial charge is 0.353 e. The van der Waals surface area contributed by atoms with Gasteiger partial charge in [0.1, 0.15) is 22.0 Å². The molecule has 5 nitrogen and oxygen atoms in total. The average molecular weight is 382 g/mol. The number of aromatic nitrogens is 3. The van der Waals surface area contributed by atoms with Crippen LogP contribution in [0.25, 0.3) is 11.0 Å². The molecule has 126 valence electrons. The second-order valence-electron chi connectivity index (χ2n) is 6.17. The van der Waals surface area contributed by atoms with Gasteiger partial charge in [-0.05, 0) is 61.5 Å². The lowest BCUT2D eigenvalue weighted by Crippen LogP contribution is -2.25. The van der Waals surface area contributed by atoms with Crippen LogP contribution in [0.3, 0.4) is 0 Å². The van der Waals surface area contributed by atoms with Crippen LogP contribution in [0.2, 0.25) is 0 Å². The van der Waals surface area contributed by atoms with Crippen molar-refractivity contribution in [3.05, 3.63) is 22.7 Å². The third-order valence-corrected chi connectivity index (χ3v) is 4.89. The van der Waals surface area contributed by atoms with Crippen molar-refractivity contribution < 1.29 is 9.47 Å². The SMILES string of the molecule is CCC(C)n1c([C@H](C)OC2CCCCO2)nc2cnc(Br)cc21. The van der Waals surface area contributed by atoms with Crippen LogP contribution in [0, 0.1) is 0 Å². The van der Waals surface area contributed by atoms with E-state index in [0.717, 1.165) is 53.8 Å². The smallest absolute Gasteiger partial charge is 0.158 e. The van der Waals surface area contributed by atoms with Gasteiger partial charge in [-0.2, -0.15) is 0 Å². The predicted octanol–water partition coefficient (Wildman–Crippen LogP) is 4.77. The third kappa shape index (κ3) is 3.59. The van der Waals surface area contributed by atoms with Crippen LogP contribution in [-0.4, -0.2) is 27.4 Å². The summed E-state index contributed by atoms with van der Waals surface area (Å²) in [6.07, 6.45) is 5.86. The number of imidazole rings is 1. The lowest BCUT2D eigenvalue weighted by molar-refractivity contribution is -0.188. The summed E-state index contributed by atoms with van der Waals surface area (Å²) >= 11 is 3.46. The summed E-state index contributed by atoms with van der Waals surface area (Å²) in [7, 11) is 0. The van der Waals surface area contributed by atoms with Crippen molar-refractivity contribution in [2.75, 3.05) is 6.61 Å². The number of hydrogen-bond acceptors (Lipinski definition) is 4. The molecule has 1 fully saturated rings. The van der Waals surface area contributed by atoms with E-state index >= 15 is 0 Å². The minimum absolute atomic E-state index is 0.113. The van der Waals surface area contributed by atoms with E-state index in [1.807, 2.05) is 12.3 Å². The Kier molecular flexibility index (Phi) is 5.34. The highest BCUT2D eigenvalue weighted by molar-refractivity contribution is 9.10. The third-order valence-electron chi connectivity index (χ3n) is 4.46. The van der Waals surface area contributed by atoms with Gasteiger partial charge in [-0.15, -0.1) is 0 Å². The number of ether oxygens (including phenoxy) is 2. The maximum absolute atomic E-state index is 6.13. The van der Waals surface area contributed by atoms with E-state index in [1.54, 1.807) is 0 Å². The zero-order chi connectivity index (χ0) is 16.4. The van der Waals surface area contributed by atoms with Crippen molar-refractivity contribution in [3.8, 4) is 0 Å². The Bertz CT molecular complexity index is 667.